The molecule has 2 aliphatic heterocycles. The van der Waals surface area contributed by atoms with Crippen molar-refractivity contribution in [3.8, 4) is 5.75 Å². The predicted octanol–water partition coefficient (Wildman–Crippen LogP) is 5.82. The van der Waals surface area contributed by atoms with E-state index in [1.807, 2.05) is 12.1 Å². The van der Waals surface area contributed by atoms with Crippen LogP contribution >= 0.6 is 11.8 Å². The molecule has 1 aromatic heterocycles. The van der Waals surface area contributed by atoms with Gasteiger partial charge in [0, 0.05) is 42.8 Å². The van der Waals surface area contributed by atoms with Crippen molar-refractivity contribution in [2.75, 3.05) is 26.7 Å². The summed E-state index contributed by atoms with van der Waals surface area (Å²) in [5.41, 5.74) is 3.59. The van der Waals surface area contributed by atoms with E-state index in [-0.39, 0.29) is 18.1 Å². The average Bonchev–Trinajstić information content (AvgIpc) is 3.28. The summed E-state index contributed by atoms with van der Waals surface area (Å²) >= 11 is 1.67. The number of amides is 2. The lowest BCUT2D eigenvalue weighted by Crippen LogP contribution is -2.49. The van der Waals surface area contributed by atoms with Crippen molar-refractivity contribution in [1.82, 2.24) is 20.1 Å². The fourth-order valence-electron chi connectivity index (χ4n) is 4.93. The molecule has 36 heavy (non-hydrogen) atoms. The molecule has 0 radical (unpaired) electrons. The molecule has 0 bridgehead atoms. The van der Waals surface area contributed by atoms with Gasteiger partial charge < -0.3 is 15.0 Å². The standard InChI is InChI=1S/C29H38N4O2S/c1-5-6-7-8-21(2)27-19-30-29(34)33(27)24-15-17-32(18-16-24)20-23-9-14-28(31-22(23)3)36-26-12-10-25(35-4)11-13-26/h6-14,24,27H,5,15-20H2,1-4H3,(H,30,34)/b7-6-,21-8+. The van der Waals surface area contributed by atoms with E-state index in [9.17, 15) is 4.79 Å². The average molecular weight is 507 g/mol. The maximum atomic E-state index is 12.7. The summed E-state index contributed by atoms with van der Waals surface area (Å²) < 4.78 is 5.24. The highest BCUT2D eigenvalue weighted by atomic mass is 32.2. The SMILES string of the molecule is CC/C=C\C=C(/C)C1CNC(=O)N1C1CCN(Cc2ccc(Sc3ccc(OC)cc3)nc2C)CC1. The van der Waals surface area contributed by atoms with Crippen LogP contribution in [0.5, 0.6) is 5.75 Å². The number of pyridine rings is 1. The molecule has 7 heteroatoms. The van der Waals surface area contributed by atoms with Crippen LogP contribution in [0.15, 0.2) is 70.1 Å². The second kappa shape index (κ2) is 12.5. The highest BCUT2D eigenvalue weighted by Gasteiger charge is 2.38. The summed E-state index contributed by atoms with van der Waals surface area (Å²) in [7, 11) is 1.68. The van der Waals surface area contributed by atoms with E-state index in [1.165, 1.54) is 11.1 Å². The maximum Gasteiger partial charge on any atom is 0.318 e. The largest absolute Gasteiger partial charge is 0.497 e. The molecule has 2 aromatic rings. The minimum Gasteiger partial charge on any atom is -0.497 e. The predicted molar refractivity (Wildman–Crippen MR) is 147 cm³/mol. The molecule has 2 amide bonds. The van der Waals surface area contributed by atoms with E-state index < -0.39 is 0 Å². The van der Waals surface area contributed by atoms with Crippen molar-refractivity contribution in [3.05, 3.63) is 71.5 Å². The minimum atomic E-state index is 0.0793. The van der Waals surface area contributed by atoms with Gasteiger partial charge in [0.15, 0.2) is 0 Å². The number of allylic oxidation sites excluding steroid dienone is 3. The molecular formula is C29H38N4O2S. The van der Waals surface area contributed by atoms with Gasteiger partial charge in [-0.25, -0.2) is 9.78 Å². The van der Waals surface area contributed by atoms with Crippen molar-refractivity contribution >= 4 is 17.8 Å². The summed E-state index contributed by atoms with van der Waals surface area (Å²) in [6.45, 7) is 9.94. The Balaban J connectivity index is 1.32. The molecule has 0 spiro atoms. The summed E-state index contributed by atoms with van der Waals surface area (Å²) in [6, 6.07) is 12.9. The molecule has 4 rings (SSSR count). The third-order valence-corrected chi connectivity index (χ3v) is 8.01. The van der Waals surface area contributed by atoms with E-state index >= 15 is 0 Å². The molecule has 1 N–H and O–H groups in total. The normalized spacial score (nSPS) is 19.8. The summed E-state index contributed by atoms with van der Waals surface area (Å²) in [5, 5.41) is 4.07. The van der Waals surface area contributed by atoms with Crippen molar-refractivity contribution < 1.29 is 9.53 Å². The molecular weight excluding hydrogens is 468 g/mol. The topological polar surface area (TPSA) is 57.7 Å². The zero-order valence-electron chi connectivity index (χ0n) is 21.9. The molecule has 6 nitrogen and oxygen atoms in total. The van der Waals surface area contributed by atoms with E-state index in [4.69, 9.17) is 9.72 Å². The first-order valence-corrected chi connectivity index (χ1v) is 13.7. The molecule has 2 aliphatic rings. The van der Waals surface area contributed by atoms with Crippen LogP contribution < -0.4 is 10.1 Å². The number of nitrogens with one attached hydrogen (secondary N) is 1. The summed E-state index contributed by atoms with van der Waals surface area (Å²) in [5.74, 6) is 0.860. The Labute approximate surface area is 219 Å². The van der Waals surface area contributed by atoms with Crippen LogP contribution in [0, 0.1) is 6.92 Å². The lowest BCUT2D eigenvalue weighted by molar-refractivity contribution is 0.119. The number of nitrogens with zero attached hydrogens (tertiary/aromatic N) is 3. The van der Waals surface area contributed by atoms with Gasteiger partial charge in [0.2, 0.25) is 0 Å². The molecule has 0 aliphatic carbocycles. The number of methoxy groups -OCH3 is 1. The highest BCUT2D eigenvalue weighted by Crippen LogP contribution is 2.29. The second-order valence-corrected chi connectivity index (χ2v) is 10.6. The van der Waals surface area contributed by atoms with Gasteiger partial charge in [-0.15, -0.1) is 0 Å². The number of piperidine rings is 1. The summed E-state index contributed by atoms with van der Waals surface area (Å²) in [6.07, 6.45) is 9.43. The molecule has 192 valence electrons. The Morgan fingerprint density at radius 3 is 2.61 bits per heavy atom. The smallest absolute Gasteiger partial charge is 0.318 e. The minimum absolute atomic E-state index is 0.0793. The fraction of sp³-hybridized carbons (Fsp3) is 0.448. The molecule has 1 atom stereocenters. The monoisotopic (exact) mass is 506 g/mol. The first-order chi connectivity index (χ1) is 17.5. The molecule has 2 fully saturated rings. The third kappa shape index (κ3) is 6.51. The molecule has 2 saturated heterocycles. The number of benzene rings is 1. The van der Waals surface area contributed by atoms with Gasteiger partial charge in [-0.2, -0.15) is 0 Å². The van der Waals surface area contributed by atoms with Crippen molar-refractivity contribution in [1.29, 1.82) is 0 Å². The lowest BCUT2D eigenvalue weighted by Gasteiger charge is -2.39. The van der Waals surface area contributed by atoms with Crippen LogP contribution in [0.2, 0.25) is 0 Å². The number of likely N-dealkylation sites (tertiary alicyclic amines) is 1. The van der Waals surface area contributed by atoms with Crippen molar-refractivity contribution in [2.45, 2.75) is 68.6 Å². The first-order valence-electron chi connectivity index (χ1n) is 12.9. The number of hydrogen-bond acceptors (Lipinski definition) is 5. The summed E-state index contributed by atoms with van der Waals surface area (Å²) in [4.78, 5) is 23.3. The Bertz CT molecular complexity index is 1090. The highest BCUT2D eigenvalue weighted by molar-refractivity contribution is 7.99. The zero-order valence-corrected chi connectivity index (χ0v) is 22.7. The van der Waals surface area contributed by atoms with Crippen LogP contribution in [0.1, 0.15) is 44.4 Å². The van der Waals surface area contributed by atoms with E-state index in [2.05, 4.69) is 78.4 Å². The lowest BCUT2D eigenvalue weighted by atomic mass is 9.99. The van der Waals surface area contributed by atoms with Gasteiger partial charge in [0.1, 0.15) is 10.8 Å². The van der Waals surface area contributed by atoms with Crippen molar-refractivity contribution in [3.63, 3.8) is 0 Å². The molecule has 0 saturated carbocycles. The van der Waals surface area contributed by atoms with Gasteiger partial charge in [-0.3, -0.25) is 4.90 Å². The number of carbonyl (C=O) groups is 1. The first kappa shape index (κ1) is 26.3. The number of aryl methyl sites for hydroxylation is 1. The van der Waals surface area contributed by atoms with Crippen LogP contribution in [0.3, 0.4) is 0 Å². The quantitative estimate of drug-likeness (QED) is 0.434. The van der Waals surface area contributed by atoms with Gasteiger partial charge in [-0.05, 0) is 74.6 Å². The number of urea groups is 1. The van der Waals surface area contributed by atoms with Crippen LogP contribution in [0.25, 0.3) is 0 Å². The third-order valence-electron chi connectivity index (χ3n) is 7.07. The molecule has 3 heterocycles. The number of rotatable bonds is 9. The van der Waals surface area contributed by atoms with E-state index in [0.29, 0.717) is 6.54 Å². The Morgan fingerprint density at radius 1 is 1.19 bits per heavy atom. The van der Waals surface area contributed by atoms with E-state index in [1.54, 1.807) is 18.9 Å². The van der Waals surface area contributed by atoms with Crippen LogP contribution in [-0.4, -0.2) is 59.6 Å². The Hall–Kier alpha value is -2.77. The number of hydrogen-bond donors (Lipinski definition) is 1. The number of ether oxygens (including phenoxy) is 1. The van der Waals surface area contributed by atoms with Crippen LogP contribution in [0.4, 0.5) is 4.79 Å². The van der Waals surface area contributed by atoms with Gasteiger partial charge in [0.25, 0.3) is 0 Å². The fourth-order valence-corrected chi connectivity index (χ4v) is 5.77. The van der Waals surface area contributed by atoms with Gasteiger partial charge in [0.05, 0.1) is 13.2 Å². The molecule has 1 unspecified atom stereocenters. The maximum absolute atomic E-state index is 12.7. The number of carbonyl (C=O) groups excluding carboxylic acids is 1. The molecule has 1 aromatic carbocycles. The second-order valence-electron chi connectivity index (χ2n) is 9.54. The van der Waals surface area contributed by atoms with Crippen LogP contribution in [-0.2, 0) is 6.54 Å². The van der Waals surface area contributed by atoms with Crippen molar-refractivity contribution in [2.24, 2.45) is 0 Å². The number of aromatic nitrogens is 1. The Morgan fingerprint density at radius 2 is 1.94 bits per heavy atom. The van der Waals surface area contributed by atoms with Gasteiger partial charge in [-0.1, -0.05) is 43.0 Å². The zero-order chi connectivity index (χ0) is 25.5. The van der Waals surface area contributed by atoms with Gasteiger partial charge >= 0.3 is 6.03 Å². The Kier molecular flexibility index (Phi) is 9.10. The van der Waals surface area contributed by atoms with E-state index in [0.717, 1.165) is 60.3 Å².